The Hall–Kier alpha value is -2.68. The minimum Gasteiger partial charge on any atom is -0.305 e. The summed E-state index contributed by atoms with van der Waals surface area (Å²) in [6, 6.07) is 20.4. The number of fused-ring (bicyclic) bond motifs is 2. The van der Waals surface area contributed by atoms with Gasteiger partial charge in [0.05, 0.1) is 4.90 Å². The molecule has 3 aromatic carbocycles. The average molecular weight is 507 g/mol. The molecule has 1 aliphatic rings. The molecule has 0 spiro atoms. The molecule has 0 saturated heterocycles. The van der Waals surface area contributed by atoms with Gasteiger partial charge in [-0.1, -0.05) is 54.2 Å². The van der Waals surface area contributed by atoms with Crippen molar-refractivity contribution >= 4 is 32.4 Å². The predicted molar refractivity (Wildman–Crippen MR) is 143 cm³/mol. The van der Waals surface area contributed by atoms with Gasteiger partial charge < -0.3 is 9.47 Å². The normalized spacial score (nSPS) is 14.7. The highest BCUT2D eigenvalue weighted by atomic mass is 32.2. The van der Waals surface area contributed by atoms with Gasteiger partial charge in [0.15, 0.2) is 20.8 Å². The van der Waals surface area contributed by atoms with Gasteiger partial charge in [-0.3, -0.25) is 0 Å². The zero-order chi connectivity index (χ0) is 24.4. The summed E-state index contributed by atoms with van der Waals surface area (Å²) in [5, 5.41) is 12.3. The van der Waals surface area contributed by atoms with E-state index in [1.165, 1.54) is 28.2 Å². The van der Waals surface area contributed by atoms with Crippen LogP contribution in [0.1, 0.15) is 17.5 Å². The summed E-state index contributed by atoms with van der Waals surface area (Å²) in [6.45, 7) is 2.99. The molecule has 0 fully saturated rings. The van der Waals surface area contributed by atoms with Gasteiger partial charge in [-0.25, -0.2) is 8.42 Å². The fourth-order valence-electron chi connectivity index (χ4n) is 4.67. The Bertz CT molecular complexity index is 1460. The summed E-state index contributed by atoms with van der Waals surface area (Å²) in [6.07, 6.45) is 4.19. The van der Waals surface area contributed by atoms with E-state index in [2.05, 4.69) is 62.1 Å². The maximum Gasteiger partial charge on any atom is 0.191 e. The summed E-state index contributed by atoms with van der Waals surface area (Å²) in [5.41, 5.74) is 3.52. The fraction of sp³-hybridized carbons (Fsp3) is 0.333. The fourth-order valence-corrected chi connectivity index (χ4v) is 6.18. The van der Waals surface area contributed by atoms with E-state index in [1.54, 1.807) is 17.8 Å². The SMILES string of the molecule is Cn1c(SCCCN2CCc3ccc(S(C)(=O)=O)cc3CC2)nnc1-c1ccc2ccccc2c1. The Balaban J connectivity index is 1.15. The zero-order valence-corrected chi connectivity index (χ0v) is 21.8. The second-order valence-electron chi connectivity index (χ2n) is 9.17. The van der Waals surface area contributed by atoms with Gasteiger partial charge in [-0.05, 0) is 65.9 Å². The number of nitrogens with zero attached hydrogens (tertiary/aromatic N) is 4. The van der Waals surface area contributed by atoms with Gasteiger partial charge in [0, 0.05) is 37.7 Å². The third-order valence-electron chi connectivity index (χ3n) is 6.69. The van der Waals surface area contributed by atoms with Crippen molar-refractivity contribution in [3.8, 4) is 11.4 Å². The first kappa shape index (κ1) is 24.0. The third-order valence-corrected chi connectivity index (χ3v) is 8.91. The molecule has 35 heavy (non-hydrogen) atoms. The molecule has 5 rings (SSSR count). The van der Waals surface area contributed by atoms with Crippen molar-refractivity contribution in [2.24, 2.45) is 7.05 Å². The molecule has 0 N–H and O–H groups in total. The standard InChI is InChI=1S/C27H30N4O2S2/c1-30-26(24-9-8-20-6-3-4-7-22(20)18-24)28-29-27(30)34-17-5-14-31-15-12-21-10-11-25(35(2,32)33)19-23(21)13-16-31/h3-4,6-11,18-19H,5,12-17H2,1-2H3. The molecule has 0 aliphatic carbocycles. The Morgan fingerprint density at radius 3 is 2.49 bits per heavy atom. The molecule has 0 amide bonds. The van der Waals surface area contributed by atoms with Crippen molar-refractivity contribution in [1.29, 1.82) is 0 Å². The summed E-state index contributed by atoms with van der Waals surface area (Å²) >= 11 is 1.75. The highest BCUT2D eigenvalue weighted by Crippen LogP contribution is 2.26. The van der Waals surface area contributed by atoms with Gasteiger partial charge >= 0.3 is 0 Å². The molecule has 1 aromatic heterocycles. The van der Waals surface area contributed by atoms with Crippen molar-refractivity contribution in [1.82, 2.24) is 19.7 Å². The Kier molecular flexibility index (Phi) is 6.95. The summed E-state index contributed by atoms with van der Waals surface area (Å²) in [7, 11) is -1.13. The minimum atomic E-state index is -3.16. The Morgan fingerprint density at radius 2 is 1.69 bits per heavy atom. The predicted octanol–water partition coefficient (Wildman–Crippen LogP) is 4.62. The third kappa shape index (κ3) is 5.44. The van der Waals surface area contributed by atoms with Gasteiger partial charge in [-0.2, -0.15) is 0 Å². The molecule has 4 aromatic rings. The Morgan fingerprint density at radius 1 is 0.914 bits per heavy atom. The van der Waals surface area contributed by atoms with Crippen molar-refractivity contribution in [2.75, 3.05) is 31.6 Å². The number of thioether (sulfide) groups is 1. The largest absolute Gasteiger partial charge is 0.305 e. The summed E-state index contributed by atoms with van der Waals surface area (Å²) < 4.78 is 25.9. The number of aromatic nitrogens is 3. The first-order chi connectivity index (χ1) is 16.9. The maximum absolute atomic E-state index is 11.9. The van der Waals surface area contributed by atoms with Crippen LogP contribution in [-0.4, -0.2) is 59.7 Å². The second-order valence-corrected chi connectivity index (χ2v) is 12.3. The lowest BCUT2D eigenvalue weighted by atomic mass is 10.0. The molecule has 2 heterocycles. The monoisotopic (exact) mass is 506 g/mol. The molecular formula is C27H30N4O2S2. The lowest BCUT2D eigenvalue weighted by Gasteiger charge is -2.19. The second kappa shape index (κ2) is 10.1. The van der Waals surface area contributed by atoms with Crippen LogP contribution >= 0.6 is 11.8 Å². The molecule has 0 atom stereocenters. The molecule has 182 valence electrons. The lowest BCUT2D eigenvalue weighted by Crippen LogP contribution is -2.27. The quantitative estimate of drug-likeness (QED) is 0.269. The van der Waals surface area contributed by atoms with Crippen LogP contribution in [-0.2, 0) is 29.7 Å². The van der Waals surface area contributed by atoms with Gasteiger partial charge in [0.1, 0.15) is 0 Å². The molecule has 0 bridgehead atoms. The Labute approximate surface area is 211 Å². The molecule has 0 unspecified atom stereocenters. The lowest BCUT2D eigenvalue weighted by molar-refractivity contribution is 0.289. The van der Waals surface area contributed by atoms with Gasteiger partial charge in [0.2, 0.25) is 0 Å². The number of sulfone groups is 1. The average Bonchev–Trinajstić information content (AvgIpc) is 3.09. The summed E-state index contributed by atoms with van der Waals surface area (Å²) in [5.74, 6) is 1.86. The number of benzene rings is 3. The minimum absolute atomic E-state index is 0.424. The molecule has 0 saturated carbocycles. The van der Waals surface area contributed by atoms with E-state index in [1.807, 2.05) is 19.2 Å². The molecule has 1 aliphatic heterocycles. The van der Waals surface area contributed by atoms with Crippen LogP contribution in [0.15, 0.2) is 70.7 Å². The molecule has 6 nitrogen and oxygen atoms in total. The molecule has 8 heteroatoms. The van der Waals surface area contributed by atoms with Crippen molar-refractivity contribution in [3.63, 3.8) is 0 Å². The van der Waals surface area contributed by atoms with E-state index in [0.29, 0.717) is 4.90 Å². The van der Waals surface area contributed by atoms with E-state index in [4.69, 9.17) is 0 Å². The van der Waals surface area contributed by atoms with Crippen molar-refractivity contribution in [3.05, 3.63) is 71.8 Å². The highest BCUT2D eigenvalue weighted by molar-refractivity contribution is 7.99. The van der Waals surface area contributed by atoms with Crippen molar-refractivity contribution in [2.45, 2.75) is 29.3 Å². The smallest absolute Gasteiger partial charge is 0.191 e. The van der Waals surface area contributed by atoms with Crippen LogP contribution in [0.25, 0.3) is 22.2 Å². The van der Waals surface area contributed by atoms with E-state index in [0.717, 1.165) is 61.2 Å². The van der Waals surface area contributed by atoms with Crippen LogP contribution in [0, 0.1) is 0 Å². The van der Waals surface area contributed by atoms with Crippen molar-refractivity contribution < 1.29 is 8.42 Å². The van der Waals surface area contributed by atoms with Crippen LogP contribution in [0.4, 0.5) is 0 Å². The maximum atomic E-state index is 11.9. The first-order valence-corrected chi connectivity index (χ1v) is 14.8. The topological polar surface area (TPSA) is 68.1 Å². The number of hydrogen-bond acceptors (Lipinski definition) is 6. The van der Waals surface area contributed by atoms with Crippen LogP contribution in [0.5, 0.6) is 0 Å². The first-order valence-electron chi connectivity index (χ1n) is 11.9. The molecular weight excluding hydrogens is 476 g/mol. The van der Waals surface area contributed by atoms with E-state index < -0.39 is 9.84 Å². The number of rotatable bonds is 7. The zero-order valence-electron chi connectivity index (χ0n) is 20.1. The van der Waals surface area contributed by atoms with E-state index in [9.17, 15) is 8.42 Å². The number of hydrogen-bond donors (Lipinski definition) is 0. The van der Waals surface area contributed by atoms with Gasteiger partial charge in [0.25, 0.3) is 0 Å². The van der Waals surface area contributed by atoms with Crippen LogP contribution in [0.3, 0.4) is 0 Å². The van der Waals surface area contributed by atoms with E-state index in [-0.39, 0.29) is 0 Å². The molecule has 0 radical (unpaired) electrons. The van der Waals surface area contributed by atoms with E-state index >= 15 is 0 Å². The highest BCUT2D eigenvalue weighted by Gasteiger charge is 2.17. The van der Waals surface area contributed by atoms with Crippen LogP contribution < -0.4 is 0 Å². The van der Waals surface area contributed by atoms with Gasteiger partial charge in [-0.15, -0.1) is 10.2 Å². The van der Waals surface area contributed by atoms with Crippen LogP contribution in [0.2, 0.25) is 0 Å². The summed E-state index contributed by atoms with van der Waals surface area (Å²) in [4.78, 5) is 2.91.